The highest BCUT2D eigenvalue weighted by atomic mass is 127. The second kappa shape index (κ2) is 10.8. The molecule has 0 unspecified atom stereocenters. The topological polar surface area (TPSA) is 45.7 Å². The number of aliphatic imine (C=N–C) groups is 1. The maximum Gasteiger partial charge on any atom is 0.390 e. The van der Waals surface area contributed by atoms with Gasteiger partial charge in [0.25, 0.3) is 0 Å². The van der Waals surface area contributed by atoms with E-state index in [1.54, 1.807) is 0 Å². The monoisotopic (exact) mass is 487 g/mol. The molecule has 0 spiro atoms. The summed E-state index contributed by atoms with van der Waals surface area (Å²) in [6.45, 7) is 10.4. The van der Waals surface area contributed by atoms with Crippen molar-refractivity contribution >= 4 is 29.9 Å². The van der Waals surface area contributed by atoms with Crippen molar-refractivity contribution in [3.05, 3.63) is 29.3 Å². The summed E-state index contributed by atoms with van der Waals surface area (Å²) in [5.41, 5.74) is 1.61. The number of hydrogen-bond acceptors (Lipinski definition) is 2. The molecule has 1 aromatic carbocycles. The van der Waals surface area contributed by atoms with Crippen LogP contribution >= 0.6 is 24.0 Å². The van der Waals surface area contributed by atoms with Crippen LogP contribution in [0.4, 0.5) is 13.2 Å². The maximum absolute atomic E-state index is 12.3. The van der Waals surface area contributed by atoms with E-state index < -0.39 is 12.6 Å². The van der Waals surface area contributed by atoms with Gasteiger partial charge in [-0.1, -0.05) is 12.1 Å². The van der Waals surface area contributed by atoms with Gasteiger partial charge in [-0.3, -0.25) is 0 Å². The highest BCUT2D eigenvalue weighted by molar-refractivity contribution is 14.0. The van der Waals surface area contributed by atoms with Gasteiger partial charge in [0.15, 0.2) is 5.96 Å². The highest BCUT2D eigenvalue weighted by Gasteiger charge is 2.26. The fourth-order valence-electron chi connectivity index (χ4n) is 2.05. The molecule has 2 N–H and O–H groups in total. The van der Waals surface area contributed by atoms with E-state index in [0.29, 0.717) is 19.0 Å². The molecule has 0 saturated carbocycles. The molecule has 0 aromatic heterocycles. The van der Waals surface area contributed by atoms with Gasteiger partial charge in [0, 0.05) is 18.7 Å². The van der Waals surface area contributed by atoms with E-state index in [0.717, 1.165) is 16.9 Å². The Kier molecular flexibility index (Phi) is 10.3. The Labute approximate surface area is 171 Å². The van der Waals surface area contributed by atoms with E-state index >= 15 is 0 Å². The van der Waals surface area contributed by atoms with Crippen LogP contribution in [-0.2, 0) is 6.54 Å². The molecule has 1 aromatic rings. The number of hydrogen-bond donors (Lipinski definition) is 2. The van der Waals surface area contributed by atoms with Crippen LogP contribution in [-0.4, -0.2) is 30.8 Å². The summed E-state index contributed by atoms with van der Waals surface area (Å²) in [6, 6.07) is 5.84. The first-order chi connectivity index (χ1) is 11.5. The summed E-state index contributed by atoms with van der Waals surface area (Å²) in [6.07, 6.45) is -5.09. The second-order valence-electron chi connectivity index (χ2n) is 6.81. The van der Waals surface area contributed by atoms with Crippen LogP contribution < -0.4 is 15.4 Å². The van der Waals surface area contributed by atoms with Crippen molar-refractivity contribution in [1.82, 2.24) is 10.6 Å². The number of rotatable bonds is 6. The van der Waals surface area contributed by atoms with E-state index in [-0.39, 0.29) is 36.1 Å². The molecule has 0 aliphatic carbocycles. The SMILES string of the molecule is CCNC(=NCc1ccc(C)cc1OC(C)(C)C)NCCC(F)(F)F.I. The summed E-state index contributed by atoms with van der Waals surface area (Å²) in [5.74, 6) is 1.09. The van der Waals surface area contributed by atoms with Crippen molar-refractivity contribution in [3.8, 4) is 5.75 Å². The van der Waals surface area contributed by atoms with E-state index in [1.807, 2.05) is 52.8 Å². The molecule has 0 heterocycles. The normalized spacial score (nSPS) is 12.4. The Balaban J connectivity index is 0.00000625. The molecule has 1 rings (SSSR count). The zero-order valence-electron chi connectivity index (χ0n) is 16.0. The van der Waals surface area contributed by atoms with Crippen LogP contribution in [0.3, 0.4) is 0 Å². The van der Waals surface area contributed by atoms with E-state index in [2.05, 4.69) is 15.6 Å². The molecule has 0 bridgehead atoms. The Hall–Kier alpha value is -1.19. The van der Waals surface area contributed by atoms with Crippen LogP contribution in [0.15, 0.2) is 23.2 Å². The lowest BCUT2D eigenvalue weighted by molar-refractivity contribution is -0.132. The molecule has 150 valence electrons. The number of halogens is 4. The molecule has 26 heavy (non-hydrogen) atoms. The van der Waals surface area contributed by atoms with Crippen LogP contribution in [0.2, 0.25) is 0 Å². The van der Waals surface area contributed by atoms with Crippen molar-refractivity contribution in [2.75, 3.05) is 13.1 Å². The summed E-state index contributed by atoms with van der Waals surface area (Å²) in [7, 11) is 0. The first kappa shape index (κ1) is 24.8. The first-order valence-corrected chi connectivity index (χ1v) is 8.37. The molecule has 0 aliphatic rings. The third-order valence-electron chi connectivity index (χ3n) is 3.09. The molecule has 0 fully saturated rings. The van der Waals surface area contributed by atoms with Gasteiger partial charge in [-0.15, -0.1) is 24.0 Å². The maximum atomic E-state index is 12.3. The number of aryl methyl sites for hydroxylation is 1. The third kappa shape index (κ3) is 10.7. The van der Waals surface area contributed by atoms with Gasteiger partial charge in [0.1, 0.15) is 11.4 Å². The van der Waals surface area contributed by atoms with Gasteiger partial charge >= 0.3 is 6.18 Å². The summed E-state index contributed by atoms with van der Waals surface area (Å²) in [4.78, 5) is 4.37. The number of ether oxygens (including phenoxy) is 1. The lowest BCUT2D eigenvalue weighted by Crippen LogP contribution is -2.38. The minimum absolute atomic E-state index is 0. The van der Waals surface area contributed by atoms with Crippen molar-refractivity contribution in [1.29, 1.82) is 0 Å². The molecule has 0 atom stereocenters. The molecule has 0 amide bonds. The average molecular weight is 487 g/mol. The Morgan fingerprint density at radius 1 is 1.15 bits per heavy atom. The quantitative estimate of drug-likeness (QED) is 0.345. The number of benzene rings is 1. The highest BCUT2D eigenvalue weighted by Crippen LogP contribution is 2.25. The van der Waals surface area contributed by atoms with Crippen LogP contribution in [0, 0.1) is 6.92 Å². The second-order valence-corrected chi connectivity index (χ2v) is 6.81. The Bertz CT molecular complexity index is 584. The van der Waals surface area contributed by atoms with Crippen molar-refractivity contribution < 1.29 is 17.9 Å². The predicted molar refractivity (Wildman–Crippen MR) is 110 cm³/mol. The molecule has 4 nitrogen and oxygen atoms in total. The van der Waals surface area contributed by atoms with Gasteiger partial charge in [-0.2, -0.15) is 13.2 Å². The van der Waals surface area contributed by atoms with E-state index in [1.165, 1.54) is 0 Å². The van der Waals surface area contributed by atoms with Gasteiger partial charge in [-0.05, 0) is 46.2 Å². The Morgan fingerprint density at radius 2 is 1.81 bits per heavy atom. The molecule has 8 heteroatoms. The van der Waals surface area contributed by atoms with Crippen molar-refractivity contribution in [3.63, 3.8) is 0 Å². The summed E-state index contributed by atoms with van der Waals surface area (Å²) >= 11 is 0. The molecule has 0 saturated heterocycles. The predicted octanol–water partition coefficient (Wildman–Crippen LogP) is 4.80. The smallest absolute Gasteiger partial charge is 0.390 e. The number of alkyl halides is 3. The van der Waals surface area contributed by atoms with Crippen LogP contribution in [0.25, 0.3) is 0 Å². The zero-order chi connectivity index (χ0) is 19.1. The zero-order valence-corrected chi connectivity index (χ0v) is 18.3. The van der Waals surface area contributed by atoms with Crippen LogP contribution in [0.1, 0.15) is 45.2 Å². The van der Waals surface area contributed by atoms with Crippen molar-refractivity contribution in [2.45, 2.75) is 59.4 Å². The third-order valence-corrected chi connectivity index (χ3v) is 3.09. The summed E-state index contributed by atoms with van der Waals surface area (Å²) in [5, 5.41) is 5.65. The molecular weight excluding hydrogens is 458 g/mol. The summed E-state index contributed by atoms with van der Waals surface area (Å²) < 4.78 is 42.8. The largest absolute Gasteiger partial charge is 0.488 e. The van der Waals surface area contributed by atoms with E-state index in [4.69, 9.17) is 4.74 Å². The molecule has 0 aliphatic heterocycles. The molecular formula is C18H29F3IN3O. The molecule has 0 radical (unpaired) electrons. The minimum atomic E-state index is -4.19. The number of nitrogens with zero attached hydrogens (tertiary/aromatic N) is 1. The first-order valence-electron chi connectivity index (χ1n) is 8.37. The fraction of sp³-hybridized carbons (Fsp3) is 0.611. The standard InChI is InChI=1S/C18H28F3N3O.HI/c1-6-22-16(23-10-9-18(19,20)21)24-12-14-8-7-13(2)11-15(14)25-17(3,4)5;/h7-8,11H,6,9-10,12H2,1-5H3,(H2,22,23,24);1H. The lowest BCUT2D eigenvalue weighted by Gasteiger charge is -2.23. The van der Waals surface area contributed by atoms with E-state index in [9.17, 15) is 13.2 Å². The number of nitrogens with one attached hydrogen (secondary N) is 2. The van der Waals surface area contributed by atoms with Crippen LogP contribution in [0.5, 0.6) is 5.75 Å². The fourth-order valence-corrected chi connectivity index (χ4v) is 2.05. The van der Waals surface area contributed by atoms with Gasteiger partial charge < -0.3 is 15.4 Å². The van der Waals surface area contributed by atoms with Gasteiger partial charge in [0.2, 0.25) is 0 Å². The average Bonchev–Trinajstić information content (AvgIpc) is 2.43. The van der Waals surface area contributed by atoms with Gasteiger partial charge in [-0.25, -0.2) is 4.99 Å². The van der Waals surface area contributed by atoms with Gasteiger partial charge in [0.05, 0.1) is 13.0 Å². The number of guanidine groups is 1. The Morgan fingerprint density at radius 3 is 2.35 bits per heavy atom. The van der Waals surface area contributed by atoms with Crippen molar-refractivity contribution in [2.24, 2.45) is 4.99 Å². The minimum Gasteiger partial charge on any atom is -0.488 e. The lowest BCUT2D eigenvalue weighted by atomic mass is 10.1.